The average molecular weight is 214 g/mol. The molecule has 1 aromatic heterocycles. The number of hydrogen-bond acceptors (Lipinski definition) is 3. The number of rotatable bonds is 1. The summed E-state index contributed by atoms with van der Waals surface area (Å²) in [6.45, 7) is 4.25. The van der Waals surface area contributed by atoms with E-state index in [1.807, 2.05) is 0 Å². The molecule has 0 bridgehead atoms. The molecular weight excluding hydrogens is 200 g/mol. The molecule has 0 aliphatic rings. The first-order valence-electron chi connectivity index (χ1n) is 4.25. The molecule has 14 heavy (non-hydrogen) atoms. The molecule has 78 valence electrons. The largest absolute Gasteiger partial charge is 0.504 e. The van der Waals surface area contributed by atoms with E-state index in [4.69, 9.17) is 5.11 Å². The molecule has 0 aliphatic carbocycles. The lowest BCUT2D eigenvalue weighted by molar-refractivity contribution is 0.270. The molecule has 0 atom stereocenters. The van der Waals surface area contributed by atoms with E-state index in [-0.39, 0.29) is 11.6 Å². The first-order chi connectivity index (χ1) is 6.61. The van der Waals surface area contributed by atoms with Gasteiger partial charge in [0.15, 0.2) is 11.6 Å². The van der Waals surface area contributed by atoms with Crippen LogP contribution in [0.5, 0.6) is 5.75 Å². The molecule has 1 heterocycles. The maximum Gasteiger partial charge on any atom is 0.281 e. The van der Waals surface area contributed by atoms with Crippen molar-refractivity contribution in [2.75, 3.05) is 5.32 Å². The zero-order chi connectivity index (χ0) is 11.0. The molecule has 4 nitrogen and oxygen atoms in total. The standard InChI is InChI=1S/C6H6N2O2S.C3H8/c9-4-2-1-3-7-5(4)8-6(10)11;1-3-2/h1-3,9H,(H2,7,8,10,11);3H2,1-2H3. The van der Waals surface area contributed by atoms with Crippen molar-refractivity contribution in [3.63, 3.8) is 0 Å². The first-order valence-corrected chi connectivity index (χ1v) is 4.70. The fourth-order valence-electron chi connectivity index (χ4n) is 0.594. The Bertz CT molecular complexity index is 292. The van der Waals surface area contributed by atoms with Crippen LogP contribution in [0, 0.1) is 0 Å². The molecule has 0 fully saturated rings. The van der Waals surface area contributed by atoms with Crippen LogP contribution in [0.2, 0.25) is 0 Å². The molecule has 0 saturated carbocycles. The number of carbonyl (C=O) groups excluding carboxylic acids is 1. The third-order valence-corrected chi connectivity index (χ3v) is 1.12. The van der Waals surface area contributed by atoms with Crippen molar-refractivity contribution in [2.45, 2.75) is 20.3 Å². The number of anilines is 1. The average Bonchev–Trinajstić information content (AvgIpc) is 2.09. The Morgan fingerprint density at radius 2 is 2.21 bits per heavy atom. The van der Waals surface area contributed by atoms with Crippen LogP contribution >= 0.6 is 12.6 Å². The topological polar surface area (TPSA) is 62.2 Å². The van der Waals surface area contributed by atoms with Crippen molar-refractivity contribution in [1.82, 2.24) is 4.98 Å². The van der Waals surface area contributed by atoms with Crippen molar-refractivity contribution >= 4 is 23.7 Å². The summed E-state index contributed by atoms with van der Waals surface area (Å²) in [7, 11) is 0. The Kier molecular flexibility index (Phi) is 6.57. The number of hydrogen-bond donors (Lipinski definition) is 3. The normalized spacial score (nSPS) is 8.50. The van der Waals surface area contributed by atoms with Gasteiger partial charge in [-0.1, -0.05) is 32.9 Å². The van der Waals surface area contributed by atoms with E-state index in [1.165, 1.54) is 18.7 Å². The van der Waals surface area contributed by atoms with E-state index in [0.29, 0.717) is 0 Å². The van der Waals surface area contributed by atoms with Gasteiger partial charge in [-0.2, -0.15) is 0 Å². The van der Waals surface area contributed by atoms with E-state index in [0.717, 1.165) is 0 Å². The van der Waals surface area contributed by atoms with Gasteiger partial charge in [-0.15, -0.1) is 0 Å². The van der Waals surface area contributed by atoms with Crippen LogP contribution in [0.1, 0.15) is 20.3 Å². The Labute approximate surface area is 88.8 Å². The second-order valence-corrected chi connectivity index (χ2v) is 2.91. The van der Waals surface area contributed by atoms with Gasteiger partial charge in [0.2, 0.25) is 0 Å². The highest BCUT2D eigenvalue weighted by Crippen LogP contribution is 2.18. The number of thiol groups is 1. The Morgan fingerprint density at radius 3 is 2.64 bits per heavy atom. The summed E-state index contributed by atoms with van der Waals surface area (Å²) < 4.78 is 0. The summed E-state index contributed by atoms with van der Waals surface area (Å²) in [6, 6.07) is 2.98. The van der Waals surface area contributed by atoms with Gasteiger partial charge in [0.1, 0.15) is 0 Å². The van der Waals surface area contributed by atoms with E-state index in [9.17, 15) is 4.79 Å². The minimum absolute atomic E-state index is 0.0742. The summed E-state index contributed by atoms with van der Waals surface area (Å²) in [5.74, 6) is 0.0439. The Balaban J connectivity index is 0.000000500. The van der Waals surface area contributed by atoms with Crippen LogP contribution in [-0.4, -0.2) is 15.3 Å². The van der Waals surface area contributed by atoms with Crippen LogP contribution in [0.3, 0.4) is 0 Å². The van der Waals surface area contributed by atoms with Crippen LogP contribution in [0.15, 0.2) is 18.3 Å². The maximum absolute atomic E-state index is 10.4. The number of aromatic hydroxyl groups is 1. The van der Waals surface area contributed by atoms with Crippen molar-refractivity contribution in [1.29, 1.82) is 0 Å². The van der Waals surface area contributed by atoms with Gasteiger partial charge < -0.3 is 5.11 Å². The van der Waals surface area contributed by atoms with Gasteiger partial charge in [-0.05, 0) is 12.1 Å². The molecule has 0 saturated heterocycles. The quantitative estimate of drug-likeness (QED) is 0.630. The summed E-state index contributed by atoms with van der Waals surface area (Å²) >= 11 is 3.46. The second kappa shape index (κ2) is 7.20. The Morgan fingerprint density at radius 1 is 1.64 bits per heavy atom. The molecule has 1 aromatic rings. The van der Waals surface area contributed by atoms with E-state index in [2.05, 4.69) is 36.8 Å². The highest BCUT2D eigenvalue weighted by molar-refractivity contribution is 7.96. The summed E-state index contributed by atoms with van der Waals surface area (Å²) in [5.41, 5.74) is 0. The van der Waals surface area contributed by atoms with Crippen molar-refractivity contribution in [3.05, 3.63) is 18.3 Å². The molecule has 1 rings (SSSR count). The van der Waals surface area contributed by atoms with E-state index >= 15 is 0 Å². The summed E-state index contributed by atoms with van der Waals surface area (Å²) in [6.07, 6.45) is 2.71. The molecule has 0 spiro atoms. The minimum atomic E-state index is -0.556. The van der Waals surface area contributed by atoms with Gasteiger partial charge >= 0.3 is 0 Å². The summed E-state index contributed by atoms with van der Waals surface area (Å²) in [5, 5.41) is 10.7. The zero-order valence-corrected chi connectivity index (χ0v) is 9.08. The molecule has 0 aliphatic heterocycles. The molecule has 0 aromatic carbocycles. The monoisotopic (exact) mass is 214 g/mol. The lowest BCUT2D eigenvalue weighted by Crippen LogP contribution is -2.02. The molecule has 2 N–H and O–H groups in total. The van der Waals surface area contributed by atoms with Crippen molar-refractivity contribution in [3.8, 4) is 5.75 Å². The van der Waals surface area contributed by atoms with Gasteiger partial charge in [0.25, 0.3) is 5.24 Å². The predicted molar refractivity (Wildman–Crippen MR) is 59.9 cm³/mol. The van der Waals surface area contributed by atoms with Crippen LogP contribution in [0.25, 0.3) is 0 Å². The molecule has 5 heteroatoms. The molecule has 1 amide bonds. The summed E-state index contributed by atoms with van der Waals surface area (Å²) in [4.78, 5) is 14.1. The van der Waals surface area contributed by atoms with Crippen LogP contribution in [0.4, 0.5) is 10.6 Å². The number of nitrogens with one attached hydrogen (secondary N) is 1. The molecular formula is C9H14N2O2S. The van der Waals surface area contributed by atoms with Crippen molar-refractivity contribution in [2.24, 2.45) is 0 Å². The van der Waals surface area contributed by atoms with E-state index < -0.39 is 5.24 Å². The fraction of sp³-hybridized carbons (Fsp3) is 0.333. The number of carbonyl (C=O) groups is 1. The smallest absolute Gasteiger partial charge is 0.281 e. The second-order valence-electron chi connectivity index (χ2n) is 2.51. The van der Waals surface area contributed by atoms with E-state index in [1.54, 1.807) is 6.07 Å². The SMILES string of the molecule is CCC.O=C(S)Nc1ncccc1O. The number of aromatic nitrogens is 1. The van der Waals surface area contributed by atoms with Gasteiger partial charge in [-0.25, -0.2) is 4.98 Å². The number of nitrogens with zero attached hydrogens (tertiary/aromatic N) is 1. The Hall–Kier alpha value is -1.23. The van der Waals surface area contributed by atoms with Crippen LogP contribution in [-0.2, 0) is 0 Å². The predicted octanol–water partition coefficient (Wildman–Crippen LogP) is 2.67. The maximum atomic E-state index is 10.4. The molecule has 0 radical (unpaired) electrons. The highest BCUT2D eigenvalue weighted by atomic mass is 32.1. The highest BCUT2D eigenvalue weighted by Gasteiger charge is 2.01. The van der Waals surface area contributed by atoms with Crippen molar-refractivity contribution < 1.29 is 9.90 Å². The first kappa shape index (κ1) is 12.8. The third-order valence-electron chi connectivity index (χ3n) is 1.01. The molecule has 0 unspecified atom stereocenters. The van der Waals surface area contributed by atoms with Gasteiger partial charge in [0.05, 0.1) is 0 Å². The number of amides is 1. The number of pyridine rings is 1. The van der Waals surface area contributed by atoms with Crippen LogP contribution < -0.4 is 5.32 Å². The lowest BCUT2D eigenvalue weighted by Gasteiger charge is -2.00. The third kappa shape index (κ3) is 5.42. The fourth-order valence-corrected chi connectivity index (χ4v) is 0.700. The lowest BCUT2D eigenvalue weighted by atomic mass is 10.4. The zero-order valence-electron chi connectivity index (χ0n) is 8.19. The minimum Gasteiger partial charge on any atom is -0.504 e. The van der Waals surface area contributed by atoms with Gasteiger partial charge in [0, 0.05) is 6.20 Å². The van der Waals surface area contributed by atoms with Gasteiger partial charge in [-0.3, -0.25) is 10.1 Å².